The highest BCUT2D eigenvalue weighted by Gasteiger charge is 2.54. The number of benzene rings is 2. The number of Topliss-reactive ketones (excluding diaryl/α,β-unsaturated/α-hetero) is 1. The molecule has 0 heterocycles. The van der Waals surface area contributed by atoms with Crippen LogP contribution < -0.4 is 0 Å². The minimum atomic E-state index is -0.110. The Morgan fingerprint density at radius 2 is 1.62 bits per heavy atom. The molecule has 21 heavy (non-hydrogen) atoms. The lowest BCUT2D eigenvalue weighted by molar-refractivity contribution is 0.0958. The maximum Gasteiger partial charge on any atom is 0.167 e. The predicted molar refractivity (Wildman–Crippen MR) is 81.6 cm³/mol. The van der Waals surface area contributed by atoms with Gasteiger partial charge in [0.05, 0.1) is 12.0 Å². The van der Waals surface area contributed by atoms with Crippen molar-refractivity contribution in [2.45, 2.75) is 12.8 Å². The van der Waals surface area contributed by atoms with Gasteiger partial charge in [0.25, 0.3) is 0 Å². The van der Waals surface area contributed by atoms with Crippen LogP contribution in [0, 0.1) is 29.1 Å². The number of nitrogens with zero attached hydrogens (tertiary/aromatic N) is 1. The Bertz CT molecular complexity index is 657. The lowest BCUT2D eigenvalue weighted by atomic mass is 10.0. The Labute approximate surface area is 125 Å². The van der Waals surface area contributed by atoms with Gasteiger partial charge in [-0.2, -0.15) is 5.26 Å². The average Bonchev–Trinajstić information content (AvgIpc) is 3.27. The predicted octanol–water partition coefficient (Wildman–Crippen LogP) is 3.89. The van der Waals surface area contributed by atoms with Crippen molar-refractivity contribution in [3.05, 3.63) is 71.8 Å². The van der Waals surface area contributed by atoms with Crippen LogP contribution in [0.2, 0.25) is 0 Å². The van der Waals surface area contributed by atoms with Crippen LogP contribution in [0.15, 0.2) is 60.7 Å². The molecule has 0 aliphatic heterocycles. The molecule has 1 fully saturated rings. The number of ketones is 1. The zero-order valence-electron chi connectivity index (χ0n) is 11.8. The number of aryl methyl sites for hydroxylation is 1. The molecule has 1 saturated carbocycles. The molecule has 1 aliphatic rings. The number of carbonyl (C=O) groups is 1. The summed E-state index contributed by atoms with van der Waals surface area (Å²) in [6, 6.07) is 21.9. The van der Waals surface area contributed by atoms with Crippen LogP contribution in [0.25, 0.3) is 0 Å². The van der Waals surface area contributed by atoms with Crippen molar-refractivity contribution in [2.24, 2.45) is 17.8 Å². The van der Waals surface area contributed by atoms with Crippen LogP contribution in [0.5, 0.6) is 0 Å². The highest BCUT2D eigenvalue weighted by molar-refractivity contribution is 6.00. The number of carbonyl (C=O) groups excluding carboxylic acids is 1. The van der Waals surface area contributed by atoms with Crippen LogP contribution in [-0.4, -0.2) is 5.78 Å². The first-order valence-corrected chi connectivity index (χ1v) is 7.34. The van der Waals surface area contributed by atoms with Crippen LogP contribution in [0.3, 0.4) is 0 Å². The quantitative estimate of drug-likeness (QED) is 0.777. The van der Waals surface area contributed by atoms with E-state index >= 15 is 0 Å². The van der Waals surface area contributed by atoms with E-state index in [0.29, 0.717) is 0 Å². The smallest absolute Gasteiger partial charge is 0.167 e. The third-order valence-electron chi connectivity index (χ3n) is 4.29. The third kappa shape index (κ3) is 2.87. The molecule has 0 spiro atoms. The molecule has 1 aliphatic carbocycles. The molecule has 2 aromatic carbocycles. The van der Waals surface area contributed by atoms with E-state index in [1.807, 2.05) is 48.5 Å². The van der Waals surface area contributed by atoms with Gasteiger partial charge in [0.1, 0.15) is 0 Å². The van der Waals surface area contributed by atoms with Gasteiger partial charge >= 0.3 is 0 Å². The fourth-order valence-electron chi connectivity index (χ4n) is 3.04. The molecular weight excluding hydrogens is 258 g/mol. The number of nitriles is 1. The molecule has 0 saturated heterocycles. The van der Waals surface area contributed by atoms with E-state index < -0.39 is 0 Å². The second kappa shape index (κ2) is 5.93. The summed E-state index contributed by atoms with van der Waals surface area (Å²) in [5.74, 6) is 0.116. The van der Waals surface area contributed by atoms with Gasteiger partial charge in [0.15, 0.2) is 5.78 Å². The zero-order chi connectivity index (χ0) is 14.7. The number of hydrogen-bond acceptors (Lipinski definition) is 2. The van der Waals surface area contributed by atoms with E-state index in [9.17, 15) is 10.1 Å². The van der Waals surface area contributed by atoms with E-state index in [2.05, 4.69) is 18.2 Å². The molecule has 0 bridgehead atoms. The normalized spacial score (nSPS) is 23.3. The maximum absolute atomic E-state index is 12.4. The molecule has 0 unspecified atom stereocenters. The van der Waals surface area contributed by atoms with Gasteiger partial charge in [0, 0.05) is 11.5 Å². The van der Waals surface area contributed by atoms with Gasteiger partial charge in [-0.05, 0) is 24.3 Å². The first-order valence-electron chi connectivity index (χ1n) is 7.34. The number of hydrogen-bond donors (Lipinski definition) is 0. The topological polar surface area (TPSA) is 40.9 Å². The summed E-state index contributed by atoms with van der Waals surface area (Å²) in [6.07, 6.45) is 1.84. The standard InChI is InChI=1S/C19H17NO/c20-13-17-16(12-11-14-7-3-1-4-8-14)18(17)19(21)15-9-5-2-6-10-15/h1-10,16-18H,11-12H2/t16-,17+,18+/m1/s1. The van der Waals surface area contributed by atoms with Gasteiger partial charge in [-0.25, -0.2) is 0 Å². The Balaban J connectivity index is 1.65. The SMILES string of the molecule is N#C[C@H]1[C@@H](CCc2ccccc2)[C@@H]1C(=O)c1ccccc1. The summed E-state index contributed by atoms with van der Waals surface area (Å²) in [7, 11) is 0. The van der Waals surface area contributed by atoms with E-state index in [4.69, 9.17) is 0 Å². The summed E-state index contributed by atoms with van der Waals surface area (Å²) in [4.78, 5) is 12.4. The molecular formula is C19H17NO. The van der Waals surface area contributed by atoms with Crippen molar-refractivity contribution in [1.29, 1.82) is 5.26 Å². The van der Waals surface area contributed by atoms with Crippen molar-refractivity contribution in [1.82, 2.24) is 0 Å². The molecule has 2 nitrogen and oxygen atoms in total. The van der Waals surface area contributed by atoms with Crippen LogP contribution in [0.4, 0.5) is 0 Å². The average molecular weight is 275 g/mol. The Hall–Kier alpha value is -2.40. The van der Waals surface area contributed by atoms with Crippen LogP contribution in [0.1, 0.15) is 22.3 Å². The number of rotatable bonds is 5. The molecule has 3 atom stereocenters. The molecule has 0 radical (unpaired) electrons. The Morgan fingerprint density at radius 1 is 1.00 bits per heavy atom. The lowest BCUT2D eigenvalue weighted by Gasteiger charge is -2.01. The van der Waals surface area contributed by atoms with Gasteiger partial charge in [-0.3, -0.25) is 4.79 Å². The van der Waals surface area contributed by atoms with E-state index in [0.717, 1.165) is 18.4 Å². The second-order valence-corrected chi connectivity index (χ2v) is 5.60. The summed E-state index contributed by atoms with van der Waals surface area (Å²) in [5, 5.41) is 9.24. The fourth-order valence-corrected chi connectivity index (χ4v) is 3.04. The summed E-state index contributed by atoms with van der Waals surface area (Å²) in [5.41, 5.74) is 2.00. The minimum absolute atomic E-state index is 0.110. The van der Waals surface area contributed by atoms with Gasteiger partial charge < -0.3 is 0 Å². The second-order valence-electron chi connectivity index (χ2n) is 5.60. The molecule has 0 aromatic heterocycles. The van der Waals surface area contributed by atoms with Crippen molar-refractivity contribution >= 4 is 5.78 Å². The Kier molecular flexibility index (Phi) is 3.83. The molecule has 0 N–H and O–H groups in total. The zero-order valence-corrected chi connectivity index (χ0v) is 11.8. The highest BCUT2D eigenvalue weighted by atomic mass is 16.1. The van der Waals surface area contributed by atoms with Gasteiger partial charge in [0.2, 0.25) is 0 Å². The summed E-state index contributed by atoms with van der Waals surface area (Å²) in [6.45, 7) is 0. The molecule has 2 aromatic rings. The largest absolute Gasteiger partial charge is 0.294 e. The van der Waals surface area contributed by atoms with Crippen LogP contribution in [-0.2, 0) is 6.42 Å². The van der Waals surface area contributed by atoms with Gasteiger partial charge in [-0.1, -0.05) is 60.7 Å². The lowest BCUT2D eigenvalue weighted by Crippen LogP contribution is -2.04. The third-order valence-corrected chi connectivity index (χ3v) is 4.29. The first kappa shape index (κ1) is 13.6. The van der Waals surface area contributed by atoms with Gasteiger partial charge in [-0.15, -0.1) is 0 Å². The van der Waals surface area contributed by atoms with E-state index in [-0.39, 0.29) is 23.5 Å². The highest BCUT2D eigenvalue weighted by Crippen LogP contribution is 2.50. The maximum atomic E-state index is 12.4. The molecule has 2 heteroatoms. The minimum Gasteiger partial charge on any atom is -0.294 e. The Morgan fingerprint density at radius 3 is 2.24 bits per heavy atom. The fraction of sp³-hybridized carbons (Fsp3) is 0.263. The van der Waals surface area contributed by atoms with Crippen molar-refractivity contribution < 1.29 is 4.79 Å². The summed E-state index contributed by atoms with van der Waals surface area (Å²) < 4.78 is 0. The van der Waals surface area contributed by atoms with Crippen molar-refractivity contribution in [3.8, 4) is 6.07 Å². The summed E-state index contributed by atoms with van der Waals surface area (Å²) >= 11 is 0. The van der Waals surface area contributed by atoms with E-state index in [1.54, 1.807) is 0 Å². The van der Waals surface area contributed by atoms with Crippen LogP contribution >= 0.6 is 0 Å². The molecule has 3 rings (SSSR count). The monoisotopic (exact) mass is 275 g/mol. The molecule has 0 amide bonds. The van der Waals surface area contributed by atoms with Crippen molar-refractivity contribution in [2.75, 3.05) is 0 Å². The molecule has 104 valence electrons. The van der Waals surface area contributed by atoms with Crippen molar-refractivity contribution in [3.63, 3.8) is 0 Å². The first-order chi connectivity index (χ1) is 10.3. The van der Waals surface area contributed by atoms with E-state index in [1.165, 1.54) is 5.56 Å².